The van der Waals surface area contributed by atoms with Gasteiger partial charge in [-0.25, -0.2) is 0 Å². The van der Waals surface area contributed by atoms with Gasteiger partial charge in [-0.15, -0.1) is 0 Å². The highest BCUT2D eigenvalue weighted by Crippen LogP contribution is 2.11. The van der Waals surface area contributed by atoms with Crippen LogP contribution in [-0.4, -0.2) is 12.6 Å². The molecule has 0 amide bonds. The van der Waals surface area contributed by atoms with E-state index in [9.17, 15) is 0 Å². The fraction of sp³-hybridized carbons (Fsp3) is 1.00. The lowest BCUT2D eigenvalue weighted by Crippen LogP contribution is -2.87. The van der Waals surface area contributed by atoms with E-state index in [0.717, 1.165) is 12.0 Å². The summed E-state index contributed by atoms with van der Waals surface area (Å²) in [6.07, 6.45) is 4.24. The van der Waals surface area contributed by atoms with Crippen LogP contribution in [0.3, 0.4) is 0 Å². The van der Waals surface area contributed by atoms with E-state index in [1.54, 1.807) is 0 Å². The van der Waals surface area contributed by atoms with Crippen LogP contribution in [0.2, 0.25) is 0 Å². The van der Waals surface area contributed by atoms with Crippen LogP contribution in [0.4, 0.5) is 0 Å². The molecule has 0 spiro atoms. The zero-order valence-electron chi connectivity index (χ0n) is 6.56. The molecule has 1 nitrogen and oxygen atoms in total. The summed E-state index contributed by atoms with van der Waals surface area (Å²) in [5.74, 6) is 0.937. The van der Waals surface area contributed by atoms with E-state index < -0.39 is 0 Å². The van der Waals surface area contributed by atoms with Gasteiger partial charge in [0.15, 0.2) is 0 Å². The molecule has 1 aliphatic rings. The van der Waals surface area contributed by atoms with Crippen molar-refractivity contribution in [2.24, 2.45) is 5.92 Å². The molecule has 54 valence electrons. The fourth-order valence-corrected chi connectivity index (χ4v) is 1.62. The first-order valence-corrected chi connectivity index (χ1v) is 4.18. The molecule has 9 heavy (non-hydrogen) atoms. The highest BCUT2D eigenvalue weighted by Gasteiger charge is 2.22. The molecule has 2 N–H and O–H groups in total. The van der Waals surface area contributed by atoms with Gasteiger partial charge in [0, 0.05) is 18.8 Å². The van der Waals surface area contributed by atoms with Crippen LogP contribution < -0.4 is 5.32 Å². The molecule has 1 heteroatoms. The maximum atomic E-state index is 2.51. The molecule has 1 saturated heterocycles. The minimum absolute atomic E-state index is 0.937. The maximum Gasteiger partial charge on any atom is 0.0886 e. The molecule has 0 aromatic carbocycles. The van der Waals surface area contributed by atoms with Crippen LogP contribution in [0.1, 0.15) is 33.1 Å². The summed E-state index contributed by atoms with van der Waals surface area (Å²) in [5, 5.41) is 2.51. The zero-order chi connectivity index (χ0) is 6.69. The molecule has 0 saturated carbocycles. The van der Waals surface area contributed by atoms with Crippen molar-refractivity contribution in [3.8, 4) is 0 Å². The quantitative estimate of drug-likeness (QED) is 0.565. The van der Waals surface area contributed by atoms with Crippen LogP contribution in [0, 0.1) is 5.92 Å². The number of hydrogen-bond donors (Lipinski definition) is 1. The van der Waals surface area contributed by atoms with Gasteiger partial charge in [0.2, 0.25) is 0 Å². The van der Waals surface area contributed by atoms with Crippen LogP contribution in [0.5, 0.6) is 0 Å². The van der Waals surface area contributed by atoms with Gasteiger partial charge in [-0.2, -0.15) is 0 Å². The van der Waals surface area contributed by atoms with Gasteiger partial charge in [0.1, 0.15) is 0 Å². The molecule has 0 unspecified atom stereocenters. The second-order valence-electron chi connectivity index (χ2n) is 3.22. The third-order valence-corrected chi connectivity index (χ3v) is 2.59. The normalized spacial score (nSPS) is 30.7. The molecular weight excluding hydrogens is 110 g/mol. The topological polar surface area (TPSA) is 16.6 Å². The number of quaternary nitrogens is 1. The van der Waals surface area contributed by atoms with Crippen molar-refractivity contribution in [1.29, 1.82) is 0 Å². The highest BCUT2D eigenvalue weighted by atomic mass is 14.9. The Bertz CT molecular complexity index is 74.6. The van der Waals surface area contributed by atoms with Crippen molar-refractivity contribution in [3.63, 3.8) is 0 Å². The average Bonchev–Trinajstić information content (AvgIpc) is 2.37. The van der Waals surface area contributed by atoms with E-state index in [-0.39, 0.29) is 0 Å². The van der Waals surface area contributed by atoms with E-state index in [1.165, 1.54) is 25.8 Å². The smallest absolute Gasteiger partial charge is 0.0886 e. The Morgan fingerprint density at radius 2 is 2.44 bits per heavy atom. The molecule has 1 aliphatic heterocycles. The summed E-state index contributed by atoms with van der Waals surface area (Å²) in [5.41, 5.74) is 0. The first-order valence-electron chi connectivity index (χ1n) is 4.18. The summed E-state index contributed by atoms with van der Waals surface area (Å²) >= 11 is 0. The van der Waals surface area contributed by atoms with E-state index in [0.29, 0.717) is 0 Å². The van der Waals surface area contributed by atoms with Crippen LogP contribution in [0.15, 0.2) is 0 Å². The molecule has 2 atom stereocenters. The Morgan fingerprint density at radius 1 is 1.67 bits per heavy atom. The number of hydrogen-bond acceptors (Lipinski definition) is 0. The predicted molar refractivity (Wildman–Crippen MR) is 39.3 cm³/mol. The number of nitrogens with two attached hydrogens (primary N) is 1. The van der Waals surface area contributed by atoms with Crippen molar-refractivity contribution < 1.29 is 5.32 Å². The third-order valence-electron chi connectivity index (χ3n) is 2.59. The molecule has 1 fully saturated rings. The largest absolute Gasteiger partial charge is 0.344 e. The summed E-state index contributed by atoms with van der Waals surface area (Å²) in [7, 11) is 0. The third kappa shape index (κ3) is 1.68. The van der Waals surface area contributed by atoms with Gasteiger partial charge in [0.05, 0.1) is 12.6 Å². The fourth-order valence-electron chi connectivity index (χ4n) is 1.62. The minimum Gasteiger partial charge on any atom is -0.344 e. The van der Waals surface area contributed by atoms with Gasteiger partial charge in [-0.1, -0.05) is 13.8 Å². The van der Waals surface area contributed by atoms with Crippen molar-refractivity contribution in [3.05, 3.63) is 0 Å². The standard InChI is InChI=1S/C8H17N/c1-3-7(2)8-5-4-6-9-8/h7-9H,3-6H2,1-2H3/p+1/t7-,8-/m1/s1. The molecule has 1 rings (SSSR count). The zero-order valence-corrected chi connectivity index (χ0v) is 6.56. The van der Waals surface area contributed by atoms with Crippen molar-refractivity contribution in [2.75, 3.05) is 6.54 Å². The summed E-state index contributed by atoms with van der Waals surface area (Å²) in [4.78, 5) is 0. The monoisotopic (exact) mass is 128 g/mol. The molecule has 0 bridgehead atoms. The highest BCUT2D eigenvalue weighted by molar-refractivity contribution is 4.65. The maximum absolute atomic E-state index is 2.51. The van der Waals surface area contributed by atoms with Crippen molar-refractivity contribution in [1.82, 2.24) is 0 Å². The molecule has 0 aliphatic carbocycles. The van der Waals surface area contributed by atoms with Gasteiger partial charge >= 0.3 is 0 Å². The Morgan fingerprint density at radius 3 is 2.89 bits per heavy atom. The molecular formula is C8H18N+. The first kappa shape index (κ1) is 7.07. The minimum atomic E-state index is 0.937. The van der Waals surface area contributed by atoms with E-state index in [1.807, 2.05) is 0 Å². The second kappa shape index (κ2) is 3.21. The summed E-state index contributed by atoms with van der Waals surface area (Å²) in [6.45, 7) is 6.03. The predicted octanol–water partition coefficient (Wildman–Crippen LogP) is 0.758. The molecule has 0 aromatic heterocycles. The van der Waals surface area contributed by atoms with Crippen LogP contribution in [0.25, 0.3) is 0 Å². The second-order valence-corrected chi connectivity index (χ2v) is 3.22. The lowest BCUT2D eigenvalue weighted by atomic mass is 9.98. The van der Waals surface area contributed by atoms with Crippen LogP contribution in [-0.2, 0) is 0 Å². The lowest BCUT2D eigenvalue weighted by Gasteiger charge is -2.13. The van der Waals surface area contributed by atoms with Gasteiger partial charge in [0.25, 0.3) is 0 Å². The van der Waals surface area contributed by atoms with E-state index >= 15 is 0 Å². The molecule has 1 heterocycles. The van der Waals surface area contributed by atoms with Gasteiger partial charge < -0.3 is 5.32 Å². The van der Waals surface area contributed by atoms with E-state index in [2.05, 4.69) is 19.2 Å². The van der Waals surface area contributed by atoms with E-state index in [4.69, 9.17) is 0 Å². The average molecular weight is 128 g/mol. The summed E-state index contributed by atoms with van der Waals surface area (Å²) in [6, 6.07) is 0.954. The van der Waals surface area contributed by atoms with Gasteiger partial charge in [-0.05, 0) is 6.42 Å². The van der Waals surface area contributed by atoms with Crippen LogP contribution >= 0.6 is 0 Å². The molecule has 0 radical (unpaired) electrons. The Kier molecular flexibility index (Phi) is 2.52. The van der Waals surface area contributed by atoms with Crippen molar-refractivity contribution >= 4 is 0 Å². The Labute approximate surface area is 57.8 Å². The summed E-state index contributed by atoms with van der Waals surface area (Å²) < 4.78 is 0. The lowest BCUT2D eigenvalue weighted by molar-refractivity contribution is -0.676. The molecule has 0 aromatic rings. The Balaban J connectivity index is 2.24. The Hall–Kier alpha value is -0.0400. The van der Waals surface area contributed by atoms with Gasteiger partial charge in [-0.3, -0.25) is 0 Å². The van der Waals surface area contributed by atoms with Crippen molar-refractivity contribution in [2.45, 2.75) is 39.2 Å². The first-order chi connectivity index (χ1) is 4.34. The SMILES string of the molecule is CC[C@@H](C)[C@H]1CCC[NH2+]1. The number of rotatable bonds is 2.